The van der Waals surface area contributed by atoms with Gasteiger partial charge >= 0.3 is 11.3 Å². The van der Waals surface area contributed by atoms with Crippen LogP contribution in [0, 0.1) is 5.92 Å². The van der Waals surface area contributed by atoms with Crippen LogP contribution in [0.3, 0.4) is 0 Å². The van der Waals surface area contributed by atoms with Gasteiger partial charge in [-0.05, 0) is 30.5 Å². The number of hydrogen-bond acceptors (Lipinski definition) is 4. The third-order valence-electron chi connectivity index (χ3n) is 3.20. The molecule has 1 aromatic carbocycles. The minimum absolute atomic E-state index is 0.300. The van der Waals surface area contributed by atoms with Crippen molar-refractivity contribution in [3.63, 3.8) is 0 Å². The Balaban J connectivity index is 2.42. The topological polar surface area (TPSA) is 60.4 Å². The number of rotatable bonds is 2. The molecule has 3 rings (SSSR count). The number of hydrogen-bond donors (Lipinski definition) is 0. The fraction of sp³-hybridized carbons (Fsp3) is 0.250. The van der Waals surface area contributed by atoms with Crippen LogP contribution in [0.4, 0.5) is 0 Å². The molecule has 102 valence electrons. The molecule has 0 bridgehead atoms. The van der Waals surface area contributed by atoms with E-state index in [0.29, 0.717) is 39.8 Å². The van der Waals surface area contributed by atoms with Crippen molar-refractivity contribution in [3.8, 4) is 0 Å². The first-order chi connectivity index (χ1) is 9.56. The maximum Gasteiger partial charge on any atom is 0.347 e. The van der Waals surface area contributed by atoms with Gasteiger partial charge in [-0.3, -0.25) is 0 Å². The summed E-state index contributed by atoms with van der Waals surface area (Å²) in [4.78, 5) is 24.0. The second-order valence-electron chi connectivity index (χ2n) is 5.29. The Labute approximate surface area is 114 Å². The van der Waals surface area contributed by atoms with Gasteiger partial charge in [0.05, 0.1) is 5.39 Å². The summed E-state index contributed by atoms with van der Waals surface area (Å²) in [6.45, 7) is 4.01. The van der Waals surface area contributed by atoms with Crippen molar-refractivity contribution in [1.29, 1.82) is 0 Å². The highest BCUT2D eigenvalue weighted by Crippen LogP contribution is 2.22. The maximum absolute atomic E-state index is 12.0. The summed E-state index contributed by atoms with van der Waals surface area (Å²) in [7, 11) is 0. The monoisotopic (exact) mass is 270 g/mol. The standard InChI is InChI=1S/C16H14O4/c1-9(2)7-10-8-12-14(20-15(10)17)11-5-3-4-6-13(11)19-16(12)18/h3-6,8-9H,7H2,1-2H3. The van der Waals surface area contributed by atoms with Crippen LogP contribution in [0.1, 0.15) is 19.4 Å². The van der Waals surface area contributed by atoms with E-state index in [4.69, 9.17) is 8.83 Å². The molecular formula is C16H14O4. The normalized spacial score (nSPS) is 11.6. The third-order valence-corrected chi connectivity index (χ3v) is 3.20. The van der Waals surface area contributed by atoms with E-state index in [9.17, 15) is 9.59 Å². The zero-order chi connectivity index (χ0) is 14.3. The average Bonchev–Trinajstić information content (AvgIpc) is 2.40. The second kappa shape index (κ2) is 4.63. The second-order valence-corrected chi connectivity index (χ2v) is 5.29. The van der Waals surface area contributed by atoms with Crippen LogP contribution in [-0.4, -0.2) is 0 Å². The molecule has 0 unspecified atom stereocenters. The number of benzene rings is 1. The highest BCUT2D eigenvalue weighted by molar-refractivity contribution is 6.00. The highest BCUT2D eigenvalue weighted by atomic mass is 16.4. The van der Waals surface area contributed by atoms with E-state index >= 15 is 0 Å². The van der Waals surface area contributed by atoms with Crippen LogP contribution in [0.2, 0.25) is 0 Å². The summed E-state index contributed by atoms with van der Waals surface area (Å²) in [5.41, 5.74) is 0.364. The Morgan fingerprint density at radius 1 is 1.00 bits per heavy atom. The van der Waals surface area contributed by atoms with Gasteiger partial charge in [-0.25, -0.2) is 9.59 Å². The van der Waals surface area contributed by atoms with E-state index in [-0.39, 0.29) is 5.63 Å². The molecule has 0 atom stereocenters. The predicted octanol–water partition coefficient (Wildman–Crippen LogP) is 3.10. The van der Waals surface area contributed by atoms with Gasteiger partial charge in [0.15, 0.2) is 5.58 Å². The molecule has 0 spiro atoms. The zero-order valence-corrected chi connectivity index (χ0v) is 11.3. The van der Waals surface area contributed by atoms with Crippen molar-refractivity contribution in [1.82, 2.24) is 0 Å². The van der Waals surface area contributed by atoms with Crippen molar-refractivity contribution in [2.45, 2.75) is 20.3 Å². The van der Waals surface area contributed by atoms with Crippen molar-refractivity contribution in [2.75, 3.05) is 0 Å². The molecule has 0 aliphatic heterocycles. The van der Waals surface area contributed by atoms with E-state index in [2.05, 4.69) is 0 Å². The SMILES string of the molecule is CC(C)Cc1cc2c(=O)oc3ccccc3c2oc1=O. The van der Waals surface area contributed by atoms with Crippen molar-refractivity contribution < 1.29 is 8.83 Å². The molecule has 0 saturated heterocycles. The van der Waals surface area contributed by atoms with Gasteiger partial charge in [-0.15, -0.1) is 0 Å². The first-order valence-electron chi connectivity index (χ1n) is 6.55. The van der Waals surface area contributed by atoms with Crippen molar-refractivity contribution >= 4 is 21.9 Å². The Hall–Kier alpha value is -2.36. The summed E-state index contributed by atoms with van der Waals surface area (Å²) in [6, 6.07) is 8.62. The van der Waals surface area contributed by atoms with Gasteiger partial charge in [0, 0.05) is 5.56 Å². The van der Waals surface area contributed by atoms with Crippen LogP contribution in [0.15, 0.2) is 48.8 Å². The molecular weight excluding hydrogens is 256 g/mol. The highest BCUT2D eigenvalue weighted by Gasteiger charge is 2.13. The molecule has 20 heavy (non-hydrogen) atoms. The molecule has 0 amide bonds. The molecule has 0 N–H and O–H groups in total. The fourth-order valence-electron chi connectivity index (χ4n) is 2.34. The largest absolute Gasteiger partial charge is 0.422 e. The molecule has 2 heterocycles. The van der Waals surface area contributed by atoms with E-state index in [1.165, 1.54) is 0 Å². The lowest BCUT2D eigenvalue weighted by Gasteiger charge is -2.05. The van der Waals surface area contributed by atoms with Crippen LogP contribution >= 0.6 is 0 Å². The van der Waals surface area contributed by atoms with E-state index < -0.39 is 5.63 Å². The van der Waals surface area contributed by atoms with Crippen molar-refractivity contribution in [3.05, 3.63) is 56.7 Å². The molecule has 0 aliphatic rings. The third kappa shape index (κ3) is 2.03. The molecule has 4 heteroatoms. The van der Waals surface area contributed by atoms with E-state index in [1.807, 2.05) is 19.9 Å². The minimum atomic E-state index is -0.479. The molecule has 3 aromatic rings. The van der Waals surface area contributed by atoms with E-state index in [0.717, 1.165) is 0 Å². The Bertz CT molecular complexity index is 900. The van der Waals surface area contributed by atoms with Gasteiger partial charge < -0.3 is 8.83 Å². The lowest BCUT2D eigenvalue weighted by atomic mass is 10.0. The molecule has 0 saturated carbocycles. The fourth-order valence-corrected chi connectivity index (χ4v) is 2.34. The maximum atomic E-state index is 12.0. The molecule has 2 aromatic heterocycles. The van der Waals surface area contributed by atoms with Crippen LogP contribution in [-0.2, 0) is 6.42 Å². The first-order valence-corrected chi connectivity index (χ1v) is 6.55. The van der Waals surface area contributed by atoms with Crippen LogP contribution in [0.25, 0.3) is 21.9 Å². The summed E-state index contributed by atoms with van der Waals surface area (Å²) < 4.78 is 10.6. The summed E-state index contributed by atoms with van der Waals surface area (Å²) in [5.74, 6) is 0.308. The Morgan fingerprint density at radius 2 is 1.75 bits per heavy atom. The predicted molar refractivity (Wildman–Crippen MR) is 77.1 cm³/mol. The van der Waals surface area contributed by atoms with E-state index in [1.54, 1.807) is 24.3 Å². The van der Waals surface area contributed by atoms with Crippen LogP contribution in [0.5, 0.6) is 0 Å². The summed E-state index contributed by atoms with van der Waals surface area (Å²) in [6.07, 6.45) is 0.574. The quantitative estimate of drug-likeness (QED) is 0.530. The minimum Gasteiger partial charge on any atom is -0.422 e. The molecule has 0 radical (unpaired) electrons. The molecule has 0 aliphatic carbocycles. The van der Waals surface area contributed by atoms with Gasteiger partial charge in [0.1, 0.15) is 11.0 Å². The van der Waals surface area contributed by atoms with Gasteiger partial charge in [-0.2, -0.15) is 0 Å². The Morgan fingerprint density at radius 3 is 2.50 bits per heavy atom. The lowest BCUT2D eigenvalue weighted by molar-refractivity contribution is 0.526. The first kappa shape index (κ1) is 12.7. The van der Waals surface area contributed by atoms with Gasteiger partial charge in [0.2, 0.25) is 0 Å². The zero-order valence-electron chi connectivity index (χ0n) is 11.3. The van der Waals surface area contributed by atoms with Gasteiger partial charge in [0.25, 0.3) is 0 Å². The average molecular weight is 270 g/mol. The smallest absolute Gasteiger partial charge is 0.347 e. The lowest BCUT2D eigenvalue weighted by Crippen LogP contribution is -2.12. The number of fused-ring (bicyclic) bond motifs is 3. The Kier molecular flexibility index (Phi) is 2.93. The molecule has 0 fully saturated rings. The van der Waals surface area contributed by atoms with Crippen LogP contribution < -0.4 is 11.3 Å². The van der Waals surface area contributed by atoms with Crippen molar-refractivity contribution in [2.24, 2.45) is 5.92 Å². The summed E-state index contributed by atoms with van der Waals surface area (Å²) >= 11 is 0. The summed E-state index contributed by atoms with van der Waals surface area (Å²) in [5, 5.41) is 0.953. The molecule has 4 nitrogen and oxygen atoms in total. The number of para-hydroxylation sites is 1. The van der Waals surface area contributed by atoms with Gasteiger partial charge in [-0.1, -0.05) is 26.0 Å².